The van der Waals surface area contributed by atoms with Crippen LogP contribution in [-0.4, -0.2) is 183 Å². The zero-order valence-corrected chi connectivity index (χ0v) is 37.5. The summed E-state index contributed by atoms with van der Waals surface area (Å²) >= 11 is 0. The Bertz CT molecular complexity index is 783. The quantitative estimate of drug-likeness (QED) is 0.0487. The number of carbonyl (C=O) groups excluding carboxylic acids is 1. The molecular weight excluding hydrogens is 792 g/mol. The molecule has 0 saturated heterocycles. The van der Waals surface area contributed by atoms with Crippen molar-refractivity contribution < 1.29 is 71.5 Å². The normalized spacial score (nSPS) is 11.7. The highest BCUT2D eigenvalue weighted by atomic mass is 16.5. The maximum absolute atomic E-state index is 11.6. The van der Waals surface area contributed by atoms with E-state index in [4.69, 9.17) is 66.7 Å². The van der Waals surface area contributed by atoms with Gasteiger partial charge in [-0.1, -0.05) is 28.7 Å². The topological polar surface area (TPSA) is 157 Å². The molecule has 61 heavy (non-hydrogen) atoms. The van der Waals surface area contributed by atoms with Crippen LogP contribution in [0.25, 0.3) is 0 Å². The highest BCUT2D eigenvalue weighted by Gasteiger charge is 2.11. The lowest BCUT2D eigenvalue weighted by atomic mass is 10.1. The molecule has 15 heteroatoms. The second kappa shape index (κ2) is 58.9. The summed E-state index contributed by atoms with van der Waals surface area (Å²) in [5.74, 6) is -0.162. The third-order valence-corrected chi connectivity index (χ3v) is 8.49. The van der Waals surface area contributed by atoms with Gasteiger partial charge in [0.25, 0.3) is 0 Å². The minimum absolute atomic E-state index is 0. The number of aliphatic hydroxyl groups excluding tert-OH is 1. The van der Waals surface area contributed by atoms with Crippen molar-refractivity contribution in [2.75, 3.05) is 172 Å². The van der Waals surface area contributed by atoms with Crippen molar-refractivity contribution in [2.45, 2.75) is 119 Å². The van der Waals surface area contributed by atoms with Gasteiger partial charge in [0.05, 0.1) is 12.5 Å². The molecule has 0 amide bonds. The van der Waals surface area contributed by atoms with E-state index in [1.165, 1.54) is 0 Å². The molecule has 0 aliphatic carbocycles. The minimum Gasteiger partial charge on any atom is -0.465 e. The van der Waals surface area contributed by atoms with Crippen LogP contribution in [0, 0.1) is 5.92 Å². The Kier molecular flexibility index (Phi) is 62.1. The molecule has 0 heterocycles. The maximum Gasteiger partial charge on any atom is 0.308 e. The van der Waals surface area contributed by atoms with Gasteiger partial charge in [0, 0.05) is 172 Å². The standard InChI is InChI=1S/C44H88O15.2CH4/c1-3-43(2)44(46)59-42-16-41-58-40-15-39-57-38-14-37-56-36-13-35-55-34-12-33-54-32-11-31-53-30-10-29-52-28-9-27-51-26-8-25-50-24-7-23-49-22-6-21-48-20-5-19-47-18-4-17-45;;/h43,45H,3-42H2,1-2H3;2*1H4. The van der Waals surface area contributed by atoms with Crippen LogP contribution in [0.2, 0.25) is 0 Å². The fourth-order valence-electron chi connectivity index (χ4n) is 4.93. The summed E-state index contributed by atoms with van der Waals surface area (Å²) in [6.07, 6.45) is 11.9. The number of aliphatic hydroxyl groups is 1. The van der Waals surface area contributed by atoms with Crippen molar-refractivity contribution in [1.29, 1.82) is 0 Å². The summed E-state index contributed by atoms with van der Waals surface area (Å²) in [6.45, 7) is 20.9. The lowest BCUT2D eigenvalue weighted by Gasteiger charge is -2.09. The van der Waals surface area contributed by atoms with E-state index in [1.807, 2.05) is 13.8 Å². The van der Waals surface area contributed by atoms with Crippen LogP contribution in [0.5, 0.6) is 0 Å². The average Bonchev–Trinajstić information content (AvgIpc) is 3.25. The van der Waals surface area contributed by atoms with Gasteiger partial charge < -0.3 is 66.7 Å². The first-order chi connectivity index (χ1) is 29.2. The van der Waals surface area contributed by atoms with E-state index in [9.17, 15) is 4.79 Å². The number of esters is 1. The molecule has 0 rings (SSSR count). The molecular formula is C46H96O15. The van der Waals surface area contributed by atoms with Gasteiger partial charge in [-0.15, -0.1) is 0 Å². The molecule has 0 aromatic rings. The first-order valence-electron chi connectivity index (χ1n) is 22.9. The van der Waals surface area contributed by atoms with Crippen LogP contribution in [0.1, 0.15) is 119 Å². The summed E-state index contributed by atoms with van der Waals surface area (Å²) in [4.78, 5) is 11.6. The predicted octanol–water partition coefficient (Wildman–Crippen LogP) is 7.11. The summed E-state index contributed by atoms with van der Waals surface area (Å²) in [7, 11) is 0. The van der Waals surface area contributed by atoms with E-state index in [0.29, 0.717) is 172 Å². The van der Waals surface area contributed by atoms with Gasteiger partial charge >= 0.3 is 5.97 Å². The second-order valence-electron chi connectivity index (χ2n) is 14.1. The fraction of sp³-hybridized carbons (Fsp3) is 0.978. The zero-order chi connectivity index (χ0) is 42.6. The molecule has 0 aromatic heterocycles. The number of hydrogen-bond acceptors (Lipinski definition) is 15. The lowest BCUT2D eigenvalue weighted by Crippen LogP contribution is -2.15. The highest BCUT2D eigenvalue weighted by Crippen LogP contribution is 2.03. The number of rotatable bonds is 53. The molecule has 0 bridgehead atoms. The van der Waals surface area contributed by atoms with Crippen LogP contribution >= 0.6 is 0 Å². The average molecular weight is 889 g/mol. The molecule has 0 aliphatic rings. The predicted molar refractivity (Wildman–Crippen MR) is 241 cm³/mol. The first-order valence-corrected chi connectivity index (χ1v) is 22.9. The van der Waals surface area contributed by atoms with Crippen molar-refractivity contribution >= 4 is 5.97 Å². The molecule has 1 N–H and O–H groups in total. The molecule has 0 aliphatic heterocycles. The van der Waals surface area contributed by atoms with E-state index in [2.05, 4.69) is 0 Å². The van der Waals surface area contributed by atoms with Crippen LogP contribution in [0.3, 0.4) is 0 Å². The zero-order valence-electron chi connectivity index (χ0n) is 37.5. The second-order valence-corrected chi connectivity index (χ2v) is 14.1. The summed E-state index contributed by atoms with van der Waals surface area (Å²) in [6, 6.07) is 0. The molecule has 1 unspecified atom stereocenters. The molecule has 0 aromatic carbocycles. The molecule has 0 spiro atoms. The van der Waals surface area contributed by atoms with Gasteiger partial charge in [0.1, 0.15) is 0 Å². The molecule has 1 atom stereocenters. The van der Waals surface area contributed by atoms with Crippen LogP contribution in [-0.2, 0) is 66.4 Å². The smallest absolute Gasteiger partial charge is 0.308 e. The number of carbonyl (C=O) groups is 1. The van der Waals surface area contributed by atoms with Crippen molar-refractivity contribution in [3.05, 3.63) is 0 Å². The molecule has 15 nitrogen and oxygen atoms in total. The fourth-order valence-corrected chi connectivity index (χ4v) is 4.93. The number of ether oxygens (including phenoxy) is 13. The molecule has 0 fully saturated rings. The Labute approximate surface area is 373 Å². The van der Waals surface area contributed by atoms with E-state index >= 15 is 0 Å². The molecule has 0 radical (unpaired) electrons. The van der Waals surface area contributed by atoms with Crippen molar-refractivity contribution in [3.63, 3.8) is 0 Å². The first kappa shape index (κ1) is 64.2. The van der Waals surface area contributed by atoms with Crippen molar-refractivity contribution in [3.8, 4) is 0 Å². The van der Waals surface area contributed by atoms with Gasteiger partial charge in [0.2, 0.25) is 0 Å². The minimum atomic E-state index is -0.127. The monoisotopic (exact) mass is 889 g/mol. The Morgan fingerprint density at radius 1 is 0.328 bits per heavy atom. The summed E-state index contributed by atoms with van der Waals surface area (Å²) < 4.78 is 72.5. The van der Waals surface area contributed by atoms with Crippen molar-refractivity contribution in [2.24, 2.45) is 5.92 Å². The Morgan fingerprint density at radius 3 is 0.656 bits per heavy atom. The Balaban J connectivity index is -0.0000168. The van der Waals surface area contributed by atoms with Crippen LogP contribution in [0.15, 0.2) is 0 Å². The maximum atomic E-state index is 11.6. The van der Waals surface area contributed by atoms with E-state index in [0.717, 1.165) is 83.5 Å². The molecule has 370 valence electrons. The SMILES string of the molecule is C.C.CCC(C)C(=O)OCCCOCCCOCCCOCCCOCCCOCCCOCCCOCCCOCCCOCCCOCCCOCCCOCCCO. The highest BCUT2D eigenvalue weighted by molar-refractivity contribution is 5.71. The number of hydrogen-bond donors (Lipinski definition) is 1. The lowest BCUT2D eigenvalue weighted by molar-refractivity contribution is -0.148. The largest absolute Gasteiger partial charge is 0.465 e. The Morgan fingerprint density at radius 2 is 0.492 bits per heavy atom. The van der Waals surface area contributed by atoms with Gasteiger partial charge in [-0.3, -0.25) is 4.79 Å². The third-order valence-electron chi connectivity index (χ3n) is 8.49. The van der Waals surface area contributed by atoms with E-state index < -0.39 is 0 Å². The van der Waals surface area contributed by atoms with E-state index in [-0.39, 0.29) is 33.3 Å². The van der Waals surface area contributed by atoms with Gasteiger partial charge in [0.15, 0.2) is 0 Å². The van der Waals surface area contributed by atoms with Crippen molar-refractivity contribution in [1.82, 2.24) is 0 Å². The molecule has 0 saturated carbocycles. The Hall–Kier alpha value is -1.05. The third kappa shape index (κ3) is 56.9. The van der Waals surface area contributed by atoms with Gasteiger partial charge in [-0.2, -0.15) is 0 Å². The summed E-state index contributed by atoms with van der Waals surface area (Å²) in [5.41, 5.74) is 0. The summed E-state index contributed by atoms with van der Waals surface area (Å²) in [5, 5.41) is 8.68. The van der Waals surface area contributed by atoms with Gasteiger partial charge in [-0.25, -0.2) is 0 Å². The van der Waals surface area contributed by atoms with Gasteiger partial charge in [-0.05, 0) is 83.5 Å². The van der Waals surface area contributed by atoms with Crippen LogP contribution < -0.4 is 0 Å². The van der Waals surface area contributed by atoms with Crippen LogP contribution in [0.4, 0.5) is 0 Å². The van der Waals surface area contributed by atoms with E-state index in [1.54, 1.807) is 0 Å².